The molecule has 0 aromatic carbocycles. The highest BCUT2D eigenvalue weighted by molar-refractivity contribution is 5.87. The summed E-state index contributed by atoms with van der Waals surface area (Å²) in [7, 11) is 0. The highest BCUT2D eigenvalue weighted by Crippen LogP contribution is 1.98. The Morgan fingerprint density at radius 1 is 1.05 bits per heavy atom. The second-order valence-corrected chi connectivity index (χ2v) is 5.48. The Labute approximate surface area is 129 Å². The molecule has 0 rings (SSSR count). The van der Waals surface area contributed by atoms with Crippen LogP contribution < -0.4 is 5.32 Å². The number of hydrogen-bond donors (Lipinski definition) is 2. The average Bonchev–Trinajstić information content (AvgIpc) is 2.42. The lowest BCUT2D eigenvalue weighted by atomic mass is 10.1. The molecule has 3 nitrogen and oxygen atoms in total. The van der Waals surface area contributed by atoms with Crippen molar-refractivity contribution >= 4 is 5.91 Å². The van der Waals surface area contributed by atoms with Gasteiger partial charge >= 0.3 is 0 Å². The molecule has 0 atom stereocenters. The van der Waals surface area contributed by atoms with Crippen molar-refractivity contribution < 1.29 is 9.90 Å². The summed E-state index contributed by atoms with van der Waals surface area (Å²) in [5.41, 5.74) is -0.877. The van der Waals surface area contributed by atoms with Crippen molar-refractivity contribution in [2.45, 2.75) is 52.1 Å². The third-order valence-corrected chi connectivity index (χ3v) is 2.53. The predicted octanol–water partition coefficient (Wildman–Crippen LogP) is 3.68. The number of aliphatic hydroxyl groups is 1. The van der Waals surface area contributed by atoms with Crippen LogP contribution in [-0.4, -0.2) is 23.2 Å². The third-order valence-electron chi connectivity index (χ3n) is 2.53. The van der Waals surface area contributed by atoms with E-state index in [0.29, 0.717) is 0 Å². The number of carbonyl (C=O) groups excluding carboxylic acids is 1. The van der Waals surface area contributed by atoms with Gasteiger partial charge in [0.05, 0.1) is 5.60 Å². The molecule has 0 heterocycles. The largest absolute Gasteiger partial charge is 0.389 e. The Kier molecular flexibility index (Phi) is 11.2. The Balaban J connectivity index is 3.69. The van der Waals surface area contributed by atoms with Crippen LogP contribution in [0.3, 0.4) is 0 Å². The Morgan fingerprint density at radius 3 is 2.38 bits per heavy atom. The van der Waals surface area contributed by atoms with Gasteiger partial charge < -0.3 is 10.4 Å². The van der Waals surface area contributed by atoms with Gasteiger partial charge in [-0.15, -0.1) is 0 Å². The number of amides is 1. The summed E-state index contributed by atoms with van der Waals surface area (Å²) in [5, 5.41) is 12.1. The maximum Gasteiger partial charge on any atom is 0.244 e. The van der Waals surface area contributed by atoms with E-state index in [9.17, 15) is 9.90 Å². The van der Waals surface area contributed by atoms with Crippen LogP contribution in [-0.2, 0) is 4.79 Å². The second kappa shape index (κ2) is 12.2. The van der Waals surface area contributed by atoms with Gasteiger partial charge in [-0.1, -0.05) is 49.5 Å². The van der Waals surface area contributed by atoms with Gasteiger partial charge in [-0.2, -0.15) is 0 Å². The molecule has 0 fully saturated rings. The van der Waals surface area contributed by atoms with E-state index in [2.05, 4.69) is 36.5 Å². The minimum atomic E-state index is -0.877. The zero-order valence-corrected chi connectivity index (χ0v) is 13.5. The maximum absolute atomic E-state index is 11.4. The van der Waals surface area contributed by atoms with Gasteiger partial charge in [0.15, 0.2) is 0 Å². The topological polar surface area (TPSA) is 49.3 Å². The lowest BCUT2D eigenvalue weighted by molar-refractivity contribution is -0.117. The Morgan fingerprint density at radius 2 is 1.71 bits per heavy atom. The molecule has 0 aromatic heterocycles. The molecular weight excluding hydrogens is 262 g/mol. The summed E-state index contributed by atoms with van der Waals surface area (Å²) in [4.78, 5) is 11.4. The smallest absolute Gasteiger partial charge is 0.244 e. The first-order valence-electron chi connectivity index (χ1n) is 7.59. The predicted molar refractivity (Wildman–Crippen MR) is 90.0 cm³/mol. The van der Waals surface area contributed by atoms with Crippen LogP contribution >= 0.6 is 0 Å². The van der Waals surface area contributed by atoms with Crippen LogP contribution in [0.5, 0.6) is 0 Å². The molecule has 1 amide bonds. The van der Waals surface area contributed by atoms with Gasteiger partial charge in [-0.25, -0.2) is 0 Å². The summed E-state index contributed by atoms with van der Waals surface area (Å²) < 4.78 is 0. The molecule has 21 heavy (non-hydrogen) atoms. The lowest BCUT2D eigenvalue weighted by Crippen LogP contribution is -2.37. The van der Waals surface area contributed by atoms with Crippen LogP contribution in [0.15, 0.2) is 48.6 Å². The lowest BCUT2D eigenvalue weighted by Gasteiger charge is -2.16. The fourth-order valence-electron chi connectivity index (χ4n) is 1.43. The number of carbonyl (C=O) groups is 1. The van der Waals surface area contributed by atoms with Crippen molar-refractivity contribution in [3.05, 3.63) is 48.6 Å². The molecule has 3 heteroatoms. The van der Waals surface area contributed by atoms with Crippen molar-refractivity contribution in [1.29, 1.82) is 0 Å². The average molecular weight is 291 g/mol. The maximum atomic E-state index is 11.4. The molecule has 0 spiro atoms. The second-order valence-electron chi connectivity index (χ2n) is 5.48. The monoisotopic (exact) mass is 291 g/mol. The minimum absolute atomic E-state index is 0.190. The first-order valence-corrected chi connectivity index (χ1v) is 7.59. The fourth-order valence-corrected chi connectivity index (χ4v) is 1.43. The van der Waals surface area contributed by atoms with Crippen molar-refractivity contribution in [2.24, 2.45) is 0 Å². The van der Waals surface area contributed by atoms with Crippen LogP contribution in [0.2, 0.25) is 0 Å². The number of allylic oxidation sites excluding steroid dienone is 7. The van der Waals surface area contributed by atoms with E-state index in [1.54, 1.807) is 19.9 Å². The molecule has 0 aliphatic rings. The molecule has 0 saturated heterocycles. The SMILES string of the molecule is CC/C=C\C/C=C/CC/C=C/C=C/C(=O)NCC(C)(C)O. The van der Waals surface area contributed by atoms with Gasteiger partial charge in [0, 0.05) is 12.6 Å². The first-order chi connectivity index (χ1) is 9.95. The molecule has 0 radical (unpaired) electrons. The van der Waals surface area contributed by atoms with E-state index < -0.39 is 5.60 Å². The highest BCUT2D eigenvalue weighted by Gasteiger charge is 2.12. The number of unbranched alkanes of at least 4 members (excludes halogenated alkanes) is 1. The summed E-state index contributed by atoms with van der Waals surface area (Å²) in [5.74, 6) is -0.190. The third kappa shape index (κ3) is 16.3. The van der Waals surface area contributed by atoms with Gasteiger partial charge in [-0.05, 0) is 39.5 Å². The molecule has 118 valence electrons. The summed E-state index contributed by atoms with van der Waals surface area (Å²) >= 11 is 0. The first kappa shape index (κ1) is 19.4. The van der Waals surface area contributed by atoms with E-state index in [1.807, 2.05) is 12.2 Å². The standard InChI is InChI=1S/C18H29NO2/c1-4-5-6-7-8-9-10-11-12-13-14-15-17(20)19-16-18(2,3)21/h5-6,8-9,12-15,21H,4,7,10-11,16H2,1-3H3,(H,19,20)/b6-5-,9-8+,13-12+,15-14+. The quantitative estimate of drug-likeness (QED) is 0.279. The van der Waals surface area contributed by atoms with Crippen molar-refractivity contribution in [2.75, 3.05) is 6.54 Å². The van der Waals surface area contributed by atoms with E-state index in [0.717, 1.165) is 25.7 Å². The van der Waals surface area contributed by atoms with E-state index in [1.165, 1.54) is 6.08 Å². The van der Waals surface area contributed by atoms with Crippen molar-refractivity contribution in [3.8, 4) is 0 Å². The summed E-state index contributed by atoms with van der Waals surface area (Å²) in [6.45, 7) is 5.69. The van der Waals surface area contributed by atoms with Gasteiger partial charge in [-0.3, -0.25) is 4.79 Å². The van der Waals surface area contributed by atoms with Crippen molar-refractivity contribution in [3.63, 3.8) is 0 Å². The molecule has 0 aromatic rings. The normalized spacial score (nSPS) is 13.1. The molecule has 0 unspecified atom stereocenters. The van der Waals surface area contributed by atoms with Crippen LogP contribution in [0.1, 0.15) is 46.5 Å². The van der Waals surface area contributed by atoms with Gasteiger partial charge in [0.1, 0.15) is 0 Å². The van der Waals surface area contributed by atoms with Gasteiger partial charge in [0.25, 0.3) is 0 Å². The number of rotatable bonds is 10. The van der Waals surface area contributed by atoms with E-state index in [-0.39, 0.29) is 12.5 Å². The van der Waals surface area contributed by atoms with Crippen LogP contribution in [0.4, 0.5) is 0 Å². The molecule has 0 bridgehead atoms. The molecule has 0 saturated carbocycles. The Hall–Kier alpha value is -1.61. The molecule has 2 N–H and O–H groups in total. The zero-order chi connectivity index (χ0) is 16.0. The number of nitrogens with one attached hydrogen (secondary N) is 1. The summed E-state index contributed by atoms with van der Waals surface area (Å²) in [6.07, 6.45) is 19.8. The fraction of sp³-hybridized carbons (Fsp3) is 0.500. The van der Waals surface area contributed by atoms with Crippen molar-refractivity contribution in [1.82, 2.24) is 5.32 Å². The molecule has 0 aliphatic heterocycles. The molecule has 0 aliphatic carbocycles. The minimum Gasteiger partial charge on any atom is -0.389 e. The highest BCUT2D eigenvalue weighted by atomic mass is 16.3. The van der Waals surface area contributed by atoms with Crippen LogP contribution in [0, 0.1) is 0 Å². The van der Waals surface area contributed by atoms with Gasteiger partial charge in [0.2, 0.25) is 5.91 Å². The Bertz CT molecular complexity index is 385. The zero-order valence-electron chi connectivity index (χ0n) is 13.5. The molecular formula is C18H29NO2. The summed E-state index contributed by atoms with van der Waals surface area (Å²) in [6, 6.07) is 0. The number of hydrogen-bond acceptors (Lipinski definition) is 2. The van der Waals surface area contributed by atoms with E-state index >= 15 is 0 Å². The van der Waals surface area contributed by atoms with Crippen LogP contribution in [0.25, 0.3) is 0 Å². The van der Waals surface area contributed by atoms with E-state index in [4.69, 9.17) is 0 Å².